The molecule has 0 amide bonds. The van der Waals surface area contributed by atoms with Crippen LogP contribution in [0.25, 0.3) is 16.9 Å². The molecular formula is C19H21N3O4. The largest absolute Gasteiger partial charge is 0.461 e. The number of ether oxygens (including phenoxy) is 2. The molecule has 0 radical (unpaired) electrons. The molecule has 0 aliphatic heterocycles. The second-order valence-electron chi connectivity index (χ2n) is 6.75. The van der Waals surface area contributed by atoms with E-state index in [0.29, 0.717) is 17.0 Å². The van der Waals surface area contributed by atoms with Gasteiger partial charge in [-0.1, -0.05) is 0 Å². The molecule has 136 valence electrons. The highest BCUT2D eigenvalue weighted by atomic mass is 16.6. The van der Waals surface area contributed by atoms with Gasteiger partial charge in [-0.05, 0) is 52.0 Å². The summed E-state index contributed by atoms with van der Waals surface area (Å²) in [5.41, 5.74) is 1.76. The Morgan fingerprint density at radius 2 is 1.96 bits per heavy atom. The molecule has 0 saturated carbocycles. The molecule has 0 N–H and O–H groups in total. The van der Waals surface area contributed by atoms with E-state index in [0.717, 1.165) is 5.56 Å². The molecule has 3 aromatic rings. The predicted molar refractivity (Wildman–Crippen MR) is 96.2 cm³/mol. The number of imidazole rings is 1. The Morgan fingerprint density at radius 3 is 2.65 bits per heavy atom. The van der Waals surface area contributed by atoms with Crippen molar-refractivity contribution in [3.8, 4) is 11.3 Å². The zero-order valence-corrected chi connectivity index (χ0v) is 15.2. The molecule has 26 heavy (non-hydrogen) atoms. The summed E-state index contributed by atoms with van der Waals surface area (Å²) in [7, 11) is 0. The summed E-state index contributed by atoms with van der Waals surface area (Å²) in [5.74, 6) is -0.445. The number of esters is 1. The third kappa shape index (κ3) is 3.46. The van der Waals surface area contributed by atoms with Gasteiger partial charge in [-0.3, -0.25) is 8.97 Å². The number of carbonyl (C=O) groups excluding carboxylic acids is 2. The Morgan fingerprint density at radius 1 is 1.19 bits per heavy atom. The average molecular weight is 355 g/mol. The lowest BCUT2D eigenvalue weighted by Gasteiger charge is -2.20. The normalized spacial score (nSPS) is 11.5. The maximum atomic E-state index is 12.4. The van der Waals surface area contributed by atoms with Crippen molar-refractivity contribution in [1.82, 2.24) is 14.0 Å². The van der Waals surface area contributed by atoms with E-state index < -0.39 is 17.7 Å². The van der Waals surface area contributed by atoms with Crippen molar-refractivity contribution in [1.29, 1.82) is 0 Å². The van der Waals surface area contributed by atoms with E-state index in [4.69, 9.17) is 9.47 Å². The van der Waals surface area contributed by atoms with Crippen molar-refractivity contribution < 1.29 is 19.1 Å². The van der Waals surface area contributed by atoms with Gasteiger partial charge in [-0.25, -0.2) is 14.6 Å². The highest BCUT2D eigenvalue weighted by Gasteiger charge is 2.20. The molecule has 7 nitrogen and oxygen atoms in total. The number of fused-ring (bicyclic) bond motifs is 1. The van der Waals surface area contributed by atoms with Crippen LogP contribution in [-0.4, -0.2) is 38.2 Å². The molecule has 3 rings (SSSR count). The summed E-state index contributed by atoms with van der Waals surface area (Å²) < 4.78 is 13.6. The molecule has 0 aliphatic rings. The molecular weight excluding hydrogens is 334 g/mol. The first-order chi connectivity index (χ1) is 12.3. The van der Waals surface area contributed by atoms with Crippen LogP contribution < -0.4 is 0 Å². The van der Waals surface area contributed by atoms with Crippen LogP contribution in [0.15, 0.2) is 42.9 Å². The lowest BCUT2D eigenvalue weighted by atomic mass is 10.2. The first-order valence-electron chi connectivity index (χ1n) is 8.35. The Kier molecular flexibility index (Phi) is 4.54. The zero-order chi connectivity index (χ0) is 18.9. The van der Waals surface area contributed by atoms with E-state index in [-0.39, 0.29) is 6.61 Å². The molecule has 0 aliphatic carbocycles. The van der Waals surface area contributed by atoms with E-state index in [9.17, 15) is 9.59 Å². The van der Waals surface area contributed by atoms with Crippen LogP contribution >= 0.6 is 0 Å². The van der Waals surface area contributed by atoms with Gasteiger partial charge < -0.3 is 9.47 Å². The molecule has 3 heterocycles. The van der Waals surface area contributed by atoms with Gasteiger partial charge in [0.2, 0.25) is 0 Å². The Hall–Kier alpha value is -3.09. The highest BCUT2D eigenvalue weighted by molar-refractivity contribution is 5.88. The third-order valence-corrected chi connectivity index (χ3v) is 3.62. The third-order valence-electron chi connectivity index (χ3n) is 3.62. The van der Waals surface area contributed by atoms with Crippen LogP contribution in [-0.2, 0) is 9.47 Å². The van der Waals surface area contributed by atoms with Gasteiger partial charge in [0.15, 0.2) is 5.69 Å². The van der Waals surface area contributed by atoms with Crippen LogP contribution in [0, 0.1) is 0 Å². The van der Waals surface area contributed by atoms with E-state index >= 15 is 0 Å². The highest BCUT2D eigenvalue weighted by Crippen LogP contribution is 2.23. The van der Waals surface area contributed by atoms with Crippen molar-refractivity contribution in [2.45, 2.75) is 33.3 Å². The molecule has 3 aromatic heterocycles. The van der Waals surface area contributed by atoms with Crippen molar-refractivity contribution in [3.05, 3.63) is 48.5 Å². The van der Waals surface area contributed by atoms with Gasteiger partial charge in [0.1, 0.15) is 11.2 Å². The topological polar surface area (TPSA) is 74.8 Å². The molecule has 0 unspecified atom stereocenters. The lowest BCUT2D eigenvalue weighted by Crippen LogP contribution is -2.27. The van der Waals surface area contributed by atoms with Crippen molar-refractivity contribution in [2.24, 2.45) is 0 Å². The summed E-state index contributed by atoms with van der Waals surface area (Å²) in [6.07, 6.45) is 4.41. The molecule has 0 spiro atoms. The van der Waals surface area contributed by atoms with Crippen molar-refractivity contribution in [3.63, 3.8) is 0 Å². The van der Waals surface area contributed by atoms with E-state index in [1.807, 2.05) is 32.9 Å². The van der Waals surface area contributed by atoms with Gasteiger partial charge in [0.25, 0.3) is 0 Å². The fourth-order valence-electron chi connectivity index (χ4n) is 2.57. The summed E-state index contributed by atoms with van der Waals surface area (Å²) in [5, 5.41) is 0. The standard InChI is InChI=1S/C19H21N3O4/c1-5-25-17(23)15-11-20-16-9-8-13(12-22(15)16)14-7-6-10-21(14)18(24)26-19(2,3)4/h6-12H,5H2,1-4H3. The minimum atomic E-state index is -0.593. The number of nitrogens with zero attached hydrogens (tertiary/aromatic N) is 3. The SMILES string of the molecule is CCOC(=O)c1cnc2ccc(-c3cccn3C(=O)OC(C)(C)C)cn12. The molecule has 0 fully saturated rings. The van der Waals surface area contributed by atoms with Crippen LogP contribution in [0.3, 0.4) is 0 Å². The fourth-order valence-corrected chi connectivity index (χ4v) is 2.57. The minimum absolute atomic E-state index is 0.285. The summed E-state index contributed by atoms with van der Waals surface area (Å²) in [6.45, 7) is 7.49. The Bertz CT molecular complexity index is 963. The summed E-state index contributed by atoms with van der Waals surface area (Å²) in [6, 6.07) is 7.20. The van der Waals surface area contributed by atoms with E-state index in [2.05, 4.69) is 4.98 Å². The smallest absolute Gasteiger partial charge is 0.418 e. The fraction of sp³-hybridized carbons (Fsp3) is 0.316. The number of hydrogen-bond acceptors (Lipinski definition) is 5. The van der Waals surface area contributed by atoms with E-state index in [1.54, 1.807) is 35.9 Å². The average Bonchev–Trinajstić information content (AvgIpc) is 3.19. The van der Waals surface area contributed by atoms with Gasteiger partial charge in [-0.2, -0.15) is 0 Å². The molecule has 0 atom stereocenters. The van der Waals surface area contributed by atoms with Crippen molar-refractivity contribution >= 4 is 17.7 Å². The van der Waals surface area contributed by atoms with Gasteiger partial charge in [0.05, 0.1) is 18.5 Å². The maximum absolute atomic E-state index is 12.4. The first-order valence-corrected chi connectivity index (χ1v) is 8.35. The van der Waals surface area contributed by atoms with Crippen LogP contribution in [0.4, 0.5) is 4.79 Å². The molecule has 0 aromatic carbocycles. The molecule has 0 bridgehead atoms. The minimum Gasteiger partial charge on any atom is -0.461 e. The first kappa shape index (κ1) is 17.7. The summed E-state index contributed by atoms with van der Waals surface area (Å²) in [4.78, 5) is 28.7. The van der Waals surface area contributed by atoms with Crippen LogP contribution in [0.2, 0.25) is 0 Å². The number of carbonyl (C=O) groups is 2. The van der Waals surface area contributed by atoms with Gasteiger partial charge in [-0.15, -0.1) is 0 Å². The second-order valence-corrected chi connectivity index (χ2v) is 6.75. The number of pyridine rings is 1. The van der Waals surface area contributed by atoms with Gasteiger partial charge >= 0.3 is 12.1 Å². The Labute approximate surface area is 151 Å². The van der Waals surface area contributed by atoms with Crippen molar-refractivity contribution in [2.75, 3.05) is 6.61 Å². The predicted octanol–water partition coefficient (Wildman–Crippen LogP) is 3.76. The number of rotatable bonds is 3. The maximum Gasteiger partial charge on any atom is 0.418 e. The lowest BCUT2D eigenvalue weighted by molar-refractivity contribution is 0.0513. The number of aromatic nitrogens is 3. The number of hydrogen-bond donors (Lipinski definition) is 0. The van der Waals surface area contributed by atoms with Gasteiger partial charge in [0, 0.05) is 18.0 Å². The second kappa shape index (κ2) is 6.67. The van der Waals surface area contributed by atoms with Crippen LogP contribution in [0.5, 0.6) is 0 Å². The quantitative estimate of drug-likeness (QED) is 0.669. The summed E-state index contributed by atoms with van der Waals surface area (Å²) >= 11 is 0. The Balaban J connectivity index is 2.02. The molecule has 7 heteroatoms. The van der Waals surface area contributed by atoms with Crippen LogP contribution in [0.1, 0.15) is 38.2 Å². The zero-order valence-electron chi connectivity index (χ0n) is 15.2. The van der Waals surface area contributed by atoms with E-state index in [1.165, 1.54) is 10.8 Å². The monoisotopic (exact) mass is 355 g/mol. The molecule has 0 saturated heterocycles.